The predicted octanol–water partition coefficient (Wildman–Crippen LogP) is 3.48. The molecule has 0 saturated carbocycles. The fourth-order valence-corrected chi connectivity index (χ4v) is 2.90. The van der Waals surface area contributed by atoms with Crippen LogP contribution < -0.4 is 9.64 Å². The van der Waals surface area contributed by atoms with Gasteiger partial charge in [-0.2, -0.15) is 0 Å². The van der Waals surface area contributed by atoms with Crippen molar-refractivity contribution in [2.45, 2.75) is 11.8 Å². The Morgan fingerprint density at radius 1 is 1.03 bits per heavy atom. The van der Waals surface area contributed by atoms with Crippen molar-refractivity contribution >= 4 is 36.0 Å². The number of carbonyl (C=O) groups excluding carboxylic acids is 2. The maximum Gasteiger partial charge on any atom is 0.308 e. The third-order valence-corrected chi connectivity index (χ3v) is 4.47. The van der Waals surface area contributed by atoms with Crippen LogP contribution in [0.4, 0.5) is 5.69 Å². The molecule has 0 bridgehead atoms. The Hall–Kier alpha value is -2.77. The van der Waals surface area contributed by atoms with Crippen molar-refractivity contribution in [1.82, 2.24) is 4.90 Å². The lowest BCUT2D eigenvalue weighted by Gasteiger charge is -2.25. The second-order valence-electron chi connectivity index (χ2n) is 6.61. The number of amides is 1. The zero-order valence-corrected chi connectivity index (χ0v) is 18.0. The van der Waals surface area contributed by atoms with E-state index in [0.29, 0.717) is 35.0 Å². The van der Waals surface area contributed by atoms with Crippen LogP contribution in [0.2, 0.25) is 0 Å². The number of hydrogen-bond acceptors (Lipinski definition) is 6. The summed E-state index contributed by atoms with van der Waals surface area (Å²) in [7, 11) is 5.44. The summed E-state index contributed by atoms with van der Waals surface area (Å²) in [6, 6.07) is 14.3. The highest BCUT2D eigenvalue weighted by atomic mass is 32.1. The minimum absolute atomic E-state index is 0.177. The van der Waals surface area contributed by atoms with Crippen molar-refractivity contribution in [2.75, 3.05) is 39.2 Å². The van der Waals surface area contributed by atoms with Crippen LogP contribution in [0.1, 0.15) is 12.5 Å². The van der Waals surface area contributed by atoms with Gasteiger partial charge in [-0.05, 0) is 50.5 Å². The summed E-state index contributed by atoms with van der Waals surface area (Å²) in [5.74, 6) is 0.0326. The molecule has 2 aromatic carbocycles. The maximum absolute atomic E-state index is 13.2. The van der Waals surface area contributed by atoms with Gasteiger partial charge in [-0.3, -0.25) is 9.59 Å². The monoisotopic (exact) mass is 414 g/mol. The number of para-hydroxylation sites is 1. The van der Waals surface area contributed by atoms with E-state index in [1.54, 1.807) is 36.3 Å². The fraction of sp³-hybridized carbons (Fsp3) is 0.273. The van der Waals surface area contributed by atoms with Crippen molar-refractivity contribution in [1.29, 1.82) is 0 Å². The van der Waals surface area contributed by atoms with Crippen molar-refractivity contribution < 1.29 is 19.1 Å². The summed E-state index contributed by atoms with van der Waals surface area (Å²) in [5, 5.41) is 0. The van der Waals surface area contributed by atoms with Gasteiger partial charge in [0.15, 0.2) is 0 Å². The fourth-order valence-electron chi connectivity index (χ4n) is 2.61. The van der Waals surface area contributed by atoms with Crippen molar-refractivity contribution in [3.63, 3.8) is 0 Å². The number of ether oxygens (including phenoxy) is 2. The van der Waals surface area contributed by atoms with E-state index < -0.39 is 5.97 Å². The second-order valence-corrected chi connectivity index (χ2v) is 7.09. The van der Waals surface area contributed by atoms with Gasteiger partial charge in [0, 0.05) is 36.5 Å². The number of likely N-dealkylation sites (N-methyl/N-ethyl adjacent to an activating group) is 1. The van der Waals surface area contributed by atoms with Crippen molar-refractivity contribution in [2.24, 2.45) is 0 Å². The summed E-state index contributed by atoms with van der Waals surface area (Å²) in [4.78, 5) is 29.1. The summed E-state index contributed by atoms with van der Waals surface area (Å²) in [6.07, 6.45) is 1.33. The third kappa shape index (κ3) is 6.66. The molecule has 0 aliphatic rings. The molecule has 2 aromatic rings. The Balaban J connectivity index is 2.42. The van der Waals surface area contributed by atoms with E-state index >= 15 is 0 Å². The standard InChI is InChI=1S/C22H26N2O4S/c1-16(25)28-20(17-9-11-18(27-4)12-10-17)15-22(26)24(14-13-23(2)3)19-7-5-6-8-21(19)29/h5-12,15,29H,13-14H2,1-4H3. The van der Waals surface area contributed by atoms with Gasteiger partial charge in [-0.1, -0.05) is 12.1 Å². The number of thiol groups is 1. The lowest BCUT2D eigenvalue weighted by Crippen LogP contribution is -2.36. The molecule has 0 saturated heterocycles. The molecule has 0 N–H and O–H groups in total. The average Bonchev–Trinajstić information content (AvgIpc) is 2.68. The Morgan fingerprint density at radius 3 is 2.24 bits per heavy atom. The zero-order chi connectivity index (χ0) is 21.4. The Bertz CT molecular complexity index is 879. The first-order valence-electron chi connectivity index (χ1n) is 9.10. The molecule has 0 radical (unpaired) electrons. The molecule has 0 aromatic heterocycles. The van der Waals surface area contributed by atoms with Gasteiger partial charge in [-0.25, -0.2) is 0 Å². The van der Waals surface area contributed by atoms with Gasteiger partial charge in [0.25, 0.3) is 5.91 Å². The third-order valence-electron chi connectivity index (χ3n) is 4.09. The lowest BCUT2D eigenvalue weighted by molar-refractivity contribution is -0.134. The summed E-state index contributed by atoms with van der Waals surface area (Å²) >= 11 is 4.49. The van der Waals surface area contributed by atoms with E-state index in [1.165, 1.54) is 13.0 Å². The van der Waals surface area contributed by atoms with E-state index in [2.05, 4.69) is 12.6 Å². The number of esters is 1. The van der Waals surface area contributed by atoms with Gasteiger partial charge >= 0.3 is 5.97 Å². The predicted molar refractivity (Wildman–Crippen MR) is 117 cm³/mol. The number of carbonyl (C=O) groups is 2. The molecule has 29 heavy (non-hydrogen) atoms. The number of nitrogens with zero attached hydrogens (tertiary/aromatic N) is 2. The molecule has 0 heterocycles. The molecule has 0 aliphatic carbocycles. The highest BCUT2D eigenvalue weighted by Crippen LogP contribution is 2.26. The molecule has 2 rings (SSSR count). The largest absolute Gasteiger partial charge is 0.497 e. The van der Waals surface area contributed by atoms with Gasteiger partial charge < -0.3 is 19.3 Å². The minimum atomic E-state index is -0.505. The van der Waals surface area contributed by atoms with Crippen molar-refractivity contribution in [3.8, 4) is 5.75 Å². The number of methoxy groups -OCH3 is 1. The van der Waals surface area contributed by atoms with Gasteiger partial charge in [0.05, 0.1) is 12.8 Å². The van der Waals surface area contributed by atoms with Crippen LogP contribution in [0.3, 0.4) is 0 Å². The van der Waals surface area contributed by atoms with Crippen LogP contribution in [0.15, 0.2) is 59.5 Å². The van der Waals surface area contributed by atoms with Gasteiger partial charge in [0.1, 0.15) is 11.5 Å². The van der Waals surface area contributed by atoms with Crippen LogP contribution in [0, 0.1) is 0 Å². The van der Waals surface area contributed by atoms with E-state index in [0.717, 1.165) is 0 Å². The SMILES string of the molecule is COc1ccc(C(=CC(=O)N(CCN(C)C)c2ccccc2S)OC(C)=O)cc1. The van der Waals surface area contributed by atoms with E-state index in [4.69, 9.17) is 9.47 Å². The number of benzene rings is 2. The molecular weight excluding hydrogens is 388 g/mol. The summed E-state index contributed by atoms with van der Waals surface area (Å²) < 4.78 is 10.5. The van der Waals surface area contributed by atoms with E-state index in [-0.39, 0.29) is 11.7 Å². The first-order chi connectivity index (χ1) is 13.8. The van der Waals surface area contributed by atoms with Crippen LogP contribution in [-0.2, 0) is 14.3 Å². The smallest absolute Gasteiger partial charge is 0.308 e. The van der Waals surface area contributed by atoms with Crippen LogP contribution in [-0.4, -0.2) is 51.1 Å². The molecule has 154 valence electrons. The maximum atomic E-state index is 13.2. The normalized spacial score (nSPS) is 11.3. The Kier molecular flexibility index (Phi) is 8.30. The highest BCUT2D eigenvalue weighted by molar-refractivity contribution is 7.80. The first kappa shape index (κ1) is 22.5. The molecule has 6 nitrogen and oxygen atoms in total. The molecule has 0 unspecified atom stereocenters. The number of rotatable bonds is 8. The molecule has 0 atom stereocenters. The summed E-state index contributed by atoms with van der Waals surface area (Å²) in [6.45, 7) is 2.41. The molecule has 0 aliphatic heterocycles. The number of anilines is 1. The van der Waals surface area contributed by atoms with Crippen LogP contribution in [0.5, 0.6) is 5.75 Å². The Morgan fingerprint density at radius 2 is 1.69 bits per heavy atom. The molecule has 0 fully saturated rings. The van der Waals surface area contributed by atoms with Crippen LogP contribution >= 0.6 is 12.6 Å². The average molecular weight is 415 g/mol. The van der Waals surface area contributed by atoms with Crippen molar-refractivity contribution in [3.05, 3.63) is 60.2 Å². The molecule has 7 heteroatoms. The zero-order valence-electron chi connectivity index (χ0n) is 17.1. The minimum Gasteiger partial charge on any atom is -0.497 e. The highest BCUT2D eigenvalue weighted by Gasteiger charge is 2.19. The van der Waals surface area contributed by atoms with Crippen LogP contribution in [0.25, 0.3) is 5.76 Å². The molecular formula is C22H26N2O4S. The molecule has 0 spiro atoms. The number of hydrogen-bond donors (Lipinski definition) is 1. The summed E-state index contributed by atoms with van der Waals surface area (Å²) in [5.41, 5.74) is 1.29. The van der Waals surface area contributed by atoms with Gasteiger partial charge in [-0.15, -0.1) is 12.6 Å². The molecule has 1 amide bonds. The topological polar surface area (TPSA) is 59.1 Å². The second kappa shape index (κ2) is 10.7. The van der Waals surface area contributed by atoms with E-state index in [1.807, 2.05) is 43.3 Å². The lowest BCUT2D eigenvalue weighted by atomic mass is 10.1. The first-order valence-corrected chi connectivity index (χ1v) is 9.55. The quantitative estimate of drug-likeness (QED) is 0.310. The van der Waals surface area contributed by atoms with E-state index in [9.17, 15) is 9.59 Å². The van der Waals surface area contributed by atoms with Gasteiger partial charge in [0.2, 0.25) is 0 Å². The Labute approximate surface area is 177 Å².